The molecular formula is C13H15N3O3S. The van der Waals surface area contributed by atoms with Crippen LogP contribution in [-0.2, 0) is 4.79 Å². The minimum absolute atomic E-state index is 0.105. The maximum absolute atomic E-state index is 11.6. The second kappa shape index (κ2) is 6.85. The molecule has 2 heterocycles. The van der Waals surface area contributed by atoms with Crippen LogP contribution >= 0.6 is 11.3 Å². The number of anilines is 1. The van der Waals surface area contributed by atoms with Crippen molar-refractivity contribution in [2.75, 3.05) is 11.9 Å². The predicted octanol–water partition coefficient (Wildman–Crippen LogP) is 2.19. The first-order chi connectivity index (χ1) is 9.65. The third-order valence-electron chi connectivity index (χ3n) is 2.48. The fourth-order valence-electron chi connectivity index (χ4n) is 1.54. The largest absolute Gasteiger partial charge is 0.459 e. The van der Waals surface area contributed by atoms with E-state index in [-0.39, 0.29) is 17.6 Å². The summed E-state index contributed by atoms with van der Waals surface area (Å²) in [6, 6.07) is 3.24. The van der Waals surface area contributed by atoms with Gasteiger partial charge in [-0.2, -0.15) is 0 Å². The van der Waals surface area contributed by atoms with Crippen LogP contribution in [0.4, 0.5) is 5.13 Å². The van der Waals surface area contributed by atoms with E-state index in [1.165, 1.54) is 17.6 Å². The lowest BCUT2D eigenvalue weighted by Gasteiger charge is -2.03. The van der Waals surface area contributed by atoms with Crippen molar-refractivity contribution in [2.24, 2.45) is 0 Å². The molecule has 2 rings (SSSR count). The summed E-state index contributed by atoms with van der Waals surface area (Å²) in [5, 5.41) is 6.00. The van der Waals surface area contributed by atoms with Crippen molar-refractivity contribution in [3.63, 3.8) is 0 Å². The summed E-state index contributed by atoms with van der Waals surface area (Å²) in [5.74, 6) is -0.106. The maximum atomic E-state index is 11.6. The molecule has 2 N–H and O–H groups in total. The minimum atomic E-state index is -0.272. The molecule has 2 aromatic rings. The fraction of sp³-hybridized carbons (Fsp3) is 0.308. The number of furan rings is 1. The zero-order chi connectivity index (χ0) is 14.4. The lowest BCUT2D eigenvalue weighted by molar-refractivity contribution is -0.116. The van der Waals surface area contributed by atoms with Gasteiger partial charge in [0.2, 0.25) is 5.91 Å². The number of hydrogen-bond donors (Lipinski definition) is 2. The lowest BCUT2D eigenvalue weighted by Crippen LogP contribution is -2.25. The van der Waals surface area contributed by atoms with Crippen molar-refractivity contribution in [1.29, 1.82) is 0 Å². The van der Waals surface area contributed by atoms with Crippen LogP contribution in [0.15, 0.2) is 29.0 Å². The van der Waals surface area contributed by atoms with Crippen molar-refractivity contribution in [2.45, 2.75) is 19.8 Å². The molecule has 0 bridgehead atoms. The molecule has 0 spiro atoms. The molecule has 2 amide bonds. The molecule has 0 radical (unpaired) electrons. The molecule has 6 nitrogen and oxygen atoms in total. The summed E-state index contributed by atoms with van der Waals surface area (Å²) >= 11 is 1.43. The van der Waals surface area contributed by atoms with Crippen molar-refractivity contribution in [1.82, 2.24) is 10.3 Å². The Bertz CT molecular complexity index is 577. The molecule has 0 aliphatic heterocycles. The summed E-state index contributed by atoms with van der Waals surface area (Å²) in [4.78, 5) is 28.2. The first-order valence-corrected chi connectivity index (χ1v) is 7.01. The van der Waals surface area contributed by atoms with Gasteiger partial charge in [-0.3, -0.25) is 9.59 Å². The number of thiazole rings is 1. The monoisotopic (exact) mass is 293 g/mol. The Kier molecular flexibility index (Phi) is 4.89. The molecular weight excluding hydrogens is 278 g/mol. The highest BCUT2D eigenvalue weighted by Gasteiger charge is 2.08. The Hall–Kier alpha value is -2.15. The summed E-state index contributed by atoms with van der Waals surface area (Å²) in [7, 11) is 0. The van der Waals surface area contributed by atoms with E-state index >= 15 is 0 Å². The fourth-order valence-corrected chi connectivity index (χ4v) is 2.22. The number of rotatable bonds is 6. The number of nitrogens with zero attached hydrogens (tertiary/aromatic N) is 1. The molecule has 0 aliphatic carbocycles. The van der Waals surface area contributed by atoms with Gasteiger partial charge in [0.1, 0.15) is 0 Å². The highest BCUT2D eigenvalue weighted by molar-refractivity contribution is 7.15. The third-order valence-corrected chi connectivity index (χ3v) is 3.31. The van der Waals surface area contributed by atoms with Gasteiger partial charge in [-0.05, 0) is 25.5 Å². The topological polar surface area (TPSA) is 84.2 Å². The van der Waals surface area contributed by atoms with E-state index in [0.717, 1.165) is 4.88 Å². The Morgan fingerprint density at radius 2 is 2.30 bits per heavy atom. The molecule has 0 unspecified atom stereocenters. The van der Waals surface area contributed by atoms with Crippen LogP contribution in [0.1, 0.15) is 28.3 Å². The summed E-state index contributed by atoms with van der Waals surface area (Å²) in [6.45, 7) is 2.35. The lowest BCUT2D eigenvalue weighted by atomic mass is 10.3. The second-order valence-corrected chi connectivity index (χ2v) is 5.40. The highest BCUT2D eigenvalue weighted by atomic mass is 32.1. The van der Waals surface area contributed by atoms with Crippen LogP contribution in [0.25, 0.3) is 0 Å². The molecule has 7 heteroatoms. The molecule has 0 fully saturated rings. The van der Waals surface area contributed by atoms with E-state index in [4.69, 9.17) is 4.42 Å². The van der Waals surface area contributed by atoms with Gasteiger partial charge in [-0.15, -0.1) is 11.3 Å². The first-order valence-electron chi connectivity index (χ1n) is 6.19. The van der Waals surface area contributed by atoms with Crippen molar-refractivity contribution in [3.8, 4) is 0 Å². The van der Waals surface area contributed by atoms with Crippen molar-refractivity contribution in [3.05, 3.63) is 35.2 Å². The van der Waals surface area contributed by atoms with E-state index in [9.17, 15) is 9.59 Å². The molecule has 0 atom stereocenters. The Morgan fingerprint density at radius 1 is 1.45 bits per heavy atom. The summed E-state index contributed by atoms with van der Waals surface area (Å²) in [6.07, 6.45) is 4.04. The summed E-state index contributed by atoms with van der Waals surface area (Å²) < 4.78 is 4.96. The molecule has 0 aromatic carbocycles. The van der Waals surface area contributed by atoms with Gasteiger partial charge in [0, 0.05) is 24.0 Å². The molecule has 0 saturated carbocycles. The van der Waals surface area contributed by atoms with Gasteiger partial charge in [0.05, 0.1) is 6.26 Å². The van der Waals surface area contributed by atoms with E-state index in [0.29, 0.717) is 24.5 Å². The quantitative estimate of drug-likeness (QED) is 0.800. The molecule has 2 aromatic heterocycles. The van der Waals surface area contributed by atoms with Gasteiger partial charge in [0.15, 0.2) is 10.9 Å². The molecule has 20 heavy (non-hydrogen) atoms. The van der Waals surface area contributed by atoms with Gasteiger partial charge in [0.25, 0.3) is 5.91 Å². The van der Waals surface area contributed by atoms with Crippen molar-refractivity contribution < 1.29 is 14.0 Å². The standard InChI is InChI=1S/C13H15N3O3S/c1-9-8-15-13(20-9)16-11(17)5-2-6-14-12(18)10-4-3-7-19-10/h3-4,7-8H,2,5-6H2,1H3,(H,14,18)(H,15,16,17). The van der Waals surface area contributed by atoms with Gasteiger partial charge in [-0.25, -0.2) is 4.98 Å². The van der Waals surface area contributed by atoms with E-state index in [2.05, 4.69) is 15.6 Å². The number of aryl methyl sites for hydroxylation is 1. The number of aromatic nitrogens is 1. The average Bonchev–Trinajstić information content (AvgIpc) is 3.06. The van der Waals surface area contributed by atoms with E-state index < -0.39 is 0 Å². The first kappa shape index (κ1) is 14.3. The average molecular weight is 293 g/mol. The van der Waals surface area contributed by atoms with Crippen LogP contribution in [0, 0.1) is 6.92 Å². The minimum Gasteiger partial charge on any atom is -0.459 e. The van der Waals surface area contributed by atoms with Crippen molar-refractivity contribution >= 4 is 28.3 Å². The van der Waals surface area contributed by atoms with E-state index in [1.807, 2.05) is 6.92 Å². The number of amides is 2. The number of hydrogen-bond acceptors (Lipinski definition) is 5. The Balaban J connectivity index is 1.63. The predicted molar refractivity (Wildman–Crippen MR) is 75.8 cm³/mol. The van der Waals surface area contributed by atoms with Crippen LogP contribution in [0.5, 0.6) is 0 Å². The number of carbonyl (C=O) groups is 2. The molecule has 106 valence electrons. The zero-order valence-corrected chi connectivity index (χ0v) is 11.8. The van der Waals surface area contributed by atoms with Crippen LogP contribution in [-0.4, -0.2) is 23.3 Å². The zero-order valence-electron chi connectivity index (χ0n) is 11.0. The second-order valence-electron chi connectivity index (χ2n) is 4.16. The number of carbonyl (C=O) groups excluding carboxylic acids is 2. The number of nitrogens with one attached hydrogen (secondary N) is 2. The Morgan fingerprint density at radius 3 is 2.95 bits per heavy atom. The SMILES string of the molecule is Cc1cnc(NC(=O)CCCNC(=O)c2ccco2)s1. The van der Waals surface area contributed by atoms with Crippen LogP contribution < -0.4 is 10.6 Å². The van der Waals surface area contributed by atoms with Gasteiger partial charge < -0.3 is 15.1 Å². The van der Waals surface area contributed by atoms with Gasteiger partial charge >= 0.3 is 0 Å². The van der Waals surface area contributed by atoms with E-state index in [1.54, 1.807) is 18.3 Å². The molecule has 0 aliphatic rings. The highest BCUT2D eigenvalue weighted by Crippen LogP contribution is 2.16. The molecule has 0 saturated heterocycles. The summed E-state index contributed by atoms with van der Waals surface area (Å²) in [5.41, 5.74) is 0. The maximum Gasteiger partial charge on any atom is 0.286 e. The van der Waals surface area contributed by atoms with Crippen LogP contribution in [0.2, 0.25) is 0 Å². The Labute approximate surface area is 120 Å². The van der Waals surface area contributed by atoms with Crippen LogP contribution in [0.3, 0.4) is 0 Å². The normalized spacial score (nSPS) is 10.2. The smallest absolute Gasteiger partial charge is 0.286 e. The third kappa shape index (κ3) is 4.20. The van der Waals surface area contributed by atoms with Gasteiger partial charge in [-0.1, -0.05) is 0 Å².